The Kier molecular flexibility index (Phi) is 6.28. The molecule has 0 bridgehead atoms. The molecule has 1 aromatic heterocycles. The van der Waals surface area contributed by atoms with Crippen molar-refractivity contribution in [3.8, 4) is 6.07 Å². The second-order valence-corrected chi connectivity index (χ2v) is 9.69. The Hall–Kier alpha value is -1.78. The Morgan fingerprint density at radius 3 is 2.59 bits per heavy atom. The molecule has 0 aromatic carbocycles. The lowest BCUT2D eigenvalue weighted by atomic mass is 10.1. The van der Waals surface area contributed by atoms with E-state index in [0.717, 1.165) is 57.9 Å². The van der Waals surface area contributed by atoms with Gasteiger partial charge in [0.1, 0.15) is 11.9 Å². The molecule has 1 atom stereocenters. The zero-order chi connectivity index (χ0) is 19.4. The van der Waals surface area contributed by atoms with E-state index < -0.39 is 0 Å². The minimum atomic E-state index is -0.274. The molecular formula is C20H29N5OS. The van der Waals surface area contributed by atoms with Gasteiger partial charge in [-0.25, -0.2) is 4.98 Å². The van der Waals surface area contributed by atoms with E-state index in [0.29, 0.717) is 5.56 Å². The molecule has 0 saturated carbocycles. The summed E-state index contributed by atoms with van der Waals surface area (Å²) in [4.78, 5) is 23.5. The molecular weight excluding hydrogens is 358 g/mol. The second-order valence-electron chi connectivity index (χ2n) is 7.75. The summed E-state index contributed by atoms with van der Waals surface area (Å²) in [6.07, 6.45) is 3.91. The van der Waals surface area contributed by atoms with Crippen molar-refractivity contribution in [2.45, 2.75) is 43.7 Å². The van der Waals surface area contributed by atoms with Crippen molar-refractivity contribution in [1.29, 1.82) is 5.26 Å². The van der Waals surface area contributed by atoms with Gasteiger partial charge in [0.25, 0.3) is 0 Å². The van der Waals surface area contributed by atoms with E-state index in [2.05, 4.69) is 27.8 Å². The molecule has 1 aromatic rings. The maximum atomic E-state index is 12.4. The van der Waals surface area contributed by atoms with Gasteiger partial charge >= 0.3 is 0 Å². The summed E-state index contributed by atoms with van der Waals surface area (Å²) in [6, 6.07) is 5.87. The molecule has 1 amide bonds. The maximum Gasteiger partial charge on any atom is 0.239 e. The van der Waals surface area contributed by atoms with E-state index >= 15 is 0 Å². The van der Waals surface area contributed by atoms with Crippen LogP contribution in [0.25, 0.3) is 0 Å². The van der Waals surface area contributed by atoms with E-state index in [1.165, 1.54) is 0 Å². The smallest absolute Gasteiger partial charge is 0.239 e. The largest absolute Gasteiger partial charge is 0.353 e. The van der Waals surface area contributed by atoms with Gasteiger partial charge in [0, 0.05) is 38.9 Å². The molecule has 2 saturated heterocycles. The number of thioether (sulfide) groups is 1. The number of nitriles is 1. The Bertz CT molecular complexity index is 709. The van der Waals surface area contributed by atoms with Crippen LogP contribution in [0.3, 0.4) is 0 Å². The van der Waals surface area contributed by atoms with Crippen LogP contribution in [-0.2, 0) is 4.79 Å². The number of anilines is 1. The molecule has 0 aliphatic carbocycles. The van der Waals surface area contributed by atoms with Crippen LogP contribution in [0.15, 0.2) is 18.3 Å². The van der Waals surface area contributed by atoms with Crippen molar-refractivity contribution in [1.82, 2.24) is 14.8 Å². The molecule has 6 nitrogen and oxygen atoms in total. The summed E-state index contributed by atoms with van der Waals surface area (Å²) >= 11 is 1.76. The van der Waals surface area contributed by atoms with Crippen molar-refractivity contribution < 1.29 is 4.79 Å². The van der Waals surface area contributed by atoms with E-state index in [9.17, 15) is 10.1 Å². The van der Waals surface area contributed by atoms with Crippen LogP contribution in [-0.4, -0.2) is 70.1 Å². The number of nitrogens with zero attached hydrogens (tertiary/aromatic N) is 5. The number of hydrogen-bond donors (Lipinski definition) is 0. The zero-order valence-electron chi connectivity index (χ0n) is 16.5. The predicted molar refractivity (Wildman–Crippen MR) is 110 cm³/mol. The number of amides is 1. The standard InChI is InChI=1S/C20H29N5OS/c1-16-25(19(26)20(2,3)27-16)10-5-4-9-23-11-13-24(14-12-23)18-17(15-21)7-6-8-22-18/h6-8,16H,4-5,9-14H2,1-3H3. The number of unbranched alkanes of at least 4 members (excludes halogenated alkanes) is 1. The summed E-state index contributed by atoms with van der Waals surface area (Å²) in [5.41, 5.74) is 0.649. The topological polar surface area (TPSA) is 63.5 Å². The highest BCUT2D eigenvalue weighted by molar-refractivity contribution is 8.02. The first-order chi connectivity index (χ1) is 12.9. The normalized spacial score (nSPS) is 22.9. The highest BCUT2D eigenvalue weighted by Crippen LogP contribution is 2.39. The van der Waals surface area contributed by atoms with Crippen molar-refractivity contribution in [2.75, 3.05) is 44.2 Å². The number of hydrogen-bond acceptors (Lipinski definition) is 6. The highest BCUT2D eigenvalue weighted by Gasteiger charge is 2.43. The monoisotopic (exact) mass is 387 g/mol. The van der Waals surface area contributed by atoms with Crippen molar-refractivity contribution >= 4 is 23.5 Å². The molecule has 3 rings (SSSR count). The number of pyridine rings is 1. The Morgan fingerprint density at radius 2 is 1.96 bits per heavy atom. The fourth-order valence-corrected chi connectivity index (χ4v) is 5.27. The van der Waals surface area contributed by atoms with E-state index in [1.54, 1.807) is 18.0 Å². The summed E-state index contributed by atoms with van der Waals surface area (Å²) in [6.45, 7) is 11.9. The molecule has 0 spiro atoms. The summed E-state index contributed by atoms with van der Waals surface area (Å²) in [5.74, 6) is 1.08. The third-order valence-corrected chi connectivity index (χ3v) is 6.74. The Morgan fingerprint density at radius 1 is 1.26 bits per heavy atom. The van der Waals surface area contributed by atoms with E-state index in [-0.39, 0.29) is 16.0 Å². The molecule has 2 fully saturated rings. The molecule has 7 heteroatoms. The van der Waals surface area contributed by atoms with Crippen LogP contribution in [0.4, 0.5) is 5.82 Å². The number of aromatic nitrogens is 1. The average Bonchev–Trinajstić information content (AvgIpc) is 2.86. The zero-order valence-corrected chi connectivity index (χ0v) is 17.3. The minimum absolute atomic E-state index is 0.274. The Labute approximate surface area is 166 Å². The molecule has 146 valence electrons. The third-order valence-electron chi connectivity index (χ3n) is 5.38. The van der Waals surface area contributed by atoms with Crippen LogP contribution in [0, 0.1) is 11.3 Å². The lowest BCUT2D eigenvalue weighted by Crippen LogP contribution is -2.47. The Balaban J connectivity index is 1.39. The van der Waals surface area contributed by atoms with Crippen LogP contribution in [0.5, 0.6) is 0 Å². The first kappa shape index (κ1) is 20.0. The maximum absolute atomic E-state index is 12.4. The number of carbonyl (C=O) groups is 1. The van der Waals surface area contributed by atoms with Gasteiger partial charge in [0.15, 0.2) is 0 Å². The number of rotatable bonds is 6. The quantitative estimate of drug-likeness (QED) is 0.699. The highest BCUT2D eigenvalue weighted by atomic mass is 32.2. The molecule has 3 heterocycles. The number of carbonyl (C=O) groups excluding carboxylic acids is 1. The predicted octanol–water partition coefficient (Wildman–Crippen LogP) is 2.56. The summed E-state index contributed by atoms with van der Waals surface area (Å²) in [5, 5.41) is 9.53. The van der Waals surface area contributed by atoms with Gasteiger partial charge in [-0.1, -0.05) is 0 Å². The molecule has 0 radical (unpaired) electrons. The van der Waals surface area contributed by atoms with Gasteiger partial charge in [-0.05, 0) is 52.3 Å². The van der Waals surface area contributed by atoms with Crippen LogP contribution >= 0.6 is 11.8 Å². The van der Waals surface area contributed by atoms with Crippen LogP contribution < -0.4 is 4.90 Å². The second kappa shape index (κ2) is 8.49. The van der Waals surface area contributed by atoms with Crippen LogP contribution in [0.2, 0.25) is 0 Å². The molecule has 1 unspecified atom stereocenters. The third kappa shape index (κ3) is 4.56. The van der Waals surface area contributed by atoms with Crippen LogP contribution in [0.1, 0.15) is 39.2 Å². The summed E-state index contributed by atoms with van der Waals surface area (Å²) < 4.78 is -0.274. The van der Waals surface area contributed by atoms with Gasteiger partial charge in [-0.2, -0.15) is 5.26 Å². The summed E-state index contributed by atoms with van der Waals surface area (Å²) in [7, 11) is 0. The fraction of sp³-hybridized carbons (Fsp3) is 0.650. The van der Waals surface area contributed by atoms with Crippen molar-refractivity contribution in [3.63, 3.8) is 0 Å². The van der Waals surface area contributed by atoms with E-state index in [1.807, 2.05) is 30.9 Å². The molecule has 2 aliphatic rings. The minimum Gasteiger partial charge on any atom is -0.353 e. The van der Waals surface area contributed by atoms with E-state index in [4.69, 9.17) is 0 Å². The van der Waals surface area contributed by atoms with Gasteiger partial charge in [-0.3, -0.25) is 9.69 Å². The first-order valence-electron chi connectivity index (χ1n) is 9.73. The van der Waals surface area contributed by atoms with Gasteiger partial charge in [0.05, 0.1) is 15.7 Å². The first-order valence-corrected chi connectivity index (χ1v) is 10.6. The van der Waals surface area contributed by atoms with Gasteiger partial charge in [0.2, 0.25) is 5.91 Å². The number of piperazine rings is 1. The van der Waals surface area contributed by atoms with Gasteiger partial charge < -0.3 is 9.80 Å². The van der Waals surface area contributed by atoms with Gasteiger partial charge in [-0.15, -0.1) is 11.8 Å². The SMILES string of the molecule is CC1SC(C)(C)C(=O)N1CCCCN1CCN(c2ncccc2C#N)CC1. The fourth-order valence-electron chi connectivity index (χ4n) is 3.87. The lowest BCUT2D eigenvalue weighted by molar-refractivity contribution is -0.131. The molecule has 2 aliphatic heterocycles. The lowest BCUT2D eigenvalue weighted by Gasteiger charge is -2.35. The molecule has 27 heavy (non-hydrogen) atoms. The molecule has 0 N–H and O–H groups in total. The van der Waals surface area contributed by atoms with Crippen molar-refractivity contribution in [3.05, 3.63) is 23.9 Å². The van der Waals surface area contributed by atoms with Crippen molar-refractivity contribution in [2.24, 2.45) is 0 Å². The average molecular weight is 388 g/mol.